The number of hydrogen-bond donors (Lipinski definition) is 2. The van der Waals surface area contributed by atoms with Gasteiger partial charge >= 0.3 is 17.8 Å². The fraction of sp³-hybridized carbons (Fsp3) is 0.200. The Morgan fingerprint density at radius 1 is 0.963 bits per heavy atom. The Labute approximate surface area is 157 Å². The van der Waals surface area contributed by atoms with Crippen LogP contribution in [0.3, 0.4) is 0 Å². The second-order valence-electron chi connectivity index (χ2n) is 6.04. The SMILES string of the molecule is COC(=O)c1ccc(/C=N/NC(=O)C(=O)Nc2ccc(C(C)C)cc2)cc1. The zero-order valence-electron chi connectivity index (χ0n) is 15.4. The molecular formula is C20H21N3O4. The van der Waals surface area contributed by atoms with E-state index in [1.54, 1.807) is 36.4 Å². The van der Waals surface area contributed by atoms with Crippen molar-refractivity contribution < 1.29 is 19.1 Å². The number of amides is 2. The lowest BCUT2D eigenvalue weighted by atomic mass is 10.0. The molecule has 7 nitrogen and oxygen atoms in total. The second kappa shape index (κ2) is 9.28. The summed E-state index contributed by atoms with van der Waals surface area (Å²) in [4.78, 5) is 35.0. The van der Waals surface area contributed by atoms with Crippen LogP contribution in [0.5, 0.6) is 0 Å². The van der Waals surface area contributed by atoms with Crippen molar-refractivity contribution in [2.45, 2.75) is 19.8 Å². The van der Waals surface area contributed by atoms with Crippen LogP contribution in [-0.2, 0) is 14.3 Å². The molecule has 0 spiro atoms. The predicted molar refractivity (Wildman–Crippen MR) is 103 cm³/mol. The van der Waals surface area contributed by atoms with Crippen LogP contribution < -0.4 is 10.7 Å². The average molecular weight is 367 g/mol. The van der Waals surface area contributed by atoms with Gasteiger partial charge in [0, 0.05) is 5.69 Å². The van der Waals surface area contributed by atoms with Gasteiger partial charge < -0.3 is 10.1 Å². The van der Waals surface area contributed by atoms with E-state index in [9.17, 15) is 14.4 Å². The Kier molecular flexibility index (Phi) is 6.82. The largest absolute Gasteiger partial charge is 0.465 e. The summed E-state index contributed by atoms with van der Waals surface area (Å²) in [7, 11) is 1.30. The van der Waals surface area contributed by atoms with E-state index in [1.165, 1.54) is 13.3 Å². The number of hydrazone groups is 1. The minimum absolute atomic E-state index is 0.383. The number of carbonyl (C=O) groups excluding carboxylic acids is 3. The van der Waals surface area contributed by atoms with Gasteiger partial charge in [0.2, 0.25) is 0 Å². The summed E-state index contributed by atoms with van der Waals surface area (Å²) < 4.78 is 4.61. The molecule has 0 aromatic heterocycles. The first kappa shape index (κ1) is 19.8. The minimum Gasteiger partial charge on any atom is -0.465 e. The Bertz CT molecular complexity index is 841. The van der Waals surface area contributed by atoms with Gasteiger partial charge in [-0.25, -0.2) is 10.2 Å². The summed E-state index contributed by atoms with van der Waals surface area (Å²) >= 11 is 0. The fourth-order valence-electron chi connectivity index (χ4n) is 2.18. The second-order valence-corrected chi connectivity index (χ2v) is 6.04. The number of nitrogens with zero attached hydrogens (tertiary/aromatic N) is 1. The van der Waals surface area contributed by atoms with Crippen LogP contribution in [0.25, 0.3) is 0 Å². The molecule has 2 rings (SSSR count). The lowest BCUT2D eigenvalue weighted by Gasteiger charge is -2.07. The van der Waals surface area contributed by atoms with Gasteiger partial charge in [0.1, 0.15) is 0 Å². The monoisotopic (exact) mass is 367 g/mol. The minimum atomic E-state index is -0.884. The summed E-state index contributed by atoms with van der Waals surface area (Å²) in [6.07, 6.45) is 1.36. The molecule has 0 saturated carbocycles. The zero-order chi connectivity index (χ0) is 19.8. The standard InChI is InChI=1S/C20H21N3O4/c1-13(2)15-8-10-17(11-9-15)22-18(24)19(25)23-21-12-14-4-6-16(7-5-14)20(26)27-3/h4-13H,1-3H3,(H,22,24)(H,23,25)/b21-12+. The van der Waals surface area contributed by atoms with Crippen molar-refractivity contribution in [1.82, 2.24) is 5.43 Å². The van der Waals surface area contributed by atoms with Crippen LogP contribution in [0.4, 0.5) is 5.69 Å². The quantitative estimate of drug-likeness (QED) is 0.367. The Hall–Kier alpha value is -3.48. The molecule has 0 heterocycles. The number of esters is 1. The fourth-order valence-corrected chi connectivity index (χ4v) is 2.18. The molecule has 27 heavy (non-hydrogen) atoms. The first-order chi connectivity index (χ1) is 12.9. The van der Waals surface area contributed by atoms with Gasteiger partial charge in [-0.05, 0) is 41.3 Å². The van der Waals surface area contributed by atoms with Crippen LogP contribution >= 0.6 is 0 Å². The van der Waals surface area contributed by atoms with Gasteiger partial charge in [-0.3, -0.25) is 9.59 Å². The lowest BCUT2D eigenvalue weighted by molar-refractivity contribution is -0.136. The Morgan fingerprint density at radius 3 is 2.15 bits per heavy atom. The van der Waals surface area contributed by atoms with E-state index >= 15 is 0 Å². The van der Waals surface area contributed by atoms with Crippen molar-refractivity contribution in [3.8, 4) is 0 Å². The molecule has 0 atom stereocenters. The highest BCUT2D eigenvalue weighted by Crippen LogP contribution is 2.17. The van der Waals surface area contributed by atoms with E-state index in [-0.39, 0.29) is 0 Å². The number of methoxy groups -OCH3 is 1. The van der Waals surface area contributed by atoms with E-state index in [1.807, 2.05) is 12.1 Å². The van der Waals surface area contributed by atoms with Crippen LogP contribution in [0.2, 0.25) is 0 Å². The van der Waals surface area contributed by atoms with Gasteiger partial charge in [-0.15, -0.1) is 0 Å². The molecule has 140 valence electrons. The summed E-state index contributed by atoms with van der Waals surface area (Å²) in [5, 5.41) is 6.24. The highest BCUT2D eigenvalue weighted by molar-refractivity contribution is 6.39. The summed E-state index contributed by atoms with van der Waals surface area (Å²) in [5.74, 6) is -1.75. The van der Waals surface area contributed by atoms with Crippen LogP contribution in [0, 0.1) is 0 Å². The molecule has 0 aliphatic rings. The molecule has 0 aliphatic carbocycles. The van der Waals surface area contributed by atoms with Crippen molar-refractivity contribution in [2.75, 3.05) is 12.4 Å². The molecule has 7 heteroatoms. The van der Waals surface area contributed by atoms with Crippen molar-refractivity contribution in [1.29, 1.82) is 0 Å². The molecule has 2 aromatic rings. The molecule has 0 aliphatic heterocycles. The van der Waals surface area contributed by atoms with E-state index in [4.69, 9.17) is 0 Å². The number of benzene rings is 2. The van der Waals surface area contributed by atoms with Gasteiger partial charge in [-0.1, -0.05) is 38.1 Å². The van der Waals surface area contributed by atoms with Gasteiger partial charge in [0.15, 0.2) is 0 Å². The lowest BCUT2D eigenvalue weighted by Crippen LogP contribution is -2.32. The normalized spacial score (nSPS) is 10.7. The molecule has 0 bridgehead atoms. The predicted octanol–water partition coefficient (Wildman–Crippen LogP) is 2.69. The smallest absolute Gasteiger partial charge is 0.337 e. The topological polar surface area (TPSA) is 96.9 Å². The van der Waals surface area contributed by atoms with E-state index in [2.05, 4.69) is 34.4 Å². The maximum Gasteiger partial charge on any atom is 0.337 e. The molecule has 0 fully saturated rings. The third-order valence-electron chi connectivity index (χ3n) is 3.75. The molecule has 2 N–H and O–H groups in total. The van der Waals surface area contributed by atoms with Gasteiger partial charge in [0.25, 0.3) is 0 Å². The van der Waals surface area contributed by atoms with Crippen molar-refractivity contribution >= 4 is 29.7 Å². The molecular weight excluding hydrogens is 346 g/mol. The van der Waals surface area contributed by atoms with Gasteiger partial charge in [-0.2, -0.15) is 5.10 Å². The maximum absolute atomic E-state index is 11.9. The van der Waals surface area contributed by atoms with Gasteiger partial charge in [0.05, 0.1) is 18.9 Å². The van der Waals surface area contributed by atoms with Crippen molar-refractivity contribution in [2.24, 2.45) is 5.10 Å². The first-order valence-corrected chi connectivity index (χ1v) is 8.33. The number of hydrogen-bond acceptors (Lipinski definition) is 5. The average Bonchev–Trinajstić information content (AvgIpc) is 2.68. The molecule has 0 radical (unpaired) electrons. The van der Waals surface area contributed by atoms with Crippen molar-refractivity contribution in [3.63, 3.8) is 0 Å². The highest BCUT2D eigenvalue weighted by Gasteiger charge is 2.13. The third-order valence-corrected chi connectivity index (χ3v) is 3.75. The molecule has 2 amide bonds. The first-order valence-electron chi connectivity index (χ1n) is 8.33. The summed E-state index contributed by atoms with van der Waals surface area (Å²) in [5.41, 5.74) is 4.88. The highest BCUT2D eigenvalue weighted by atomic mass is 16.5. The number of rotatable bonds is 5. The van der Waals surface area contributed by atoms with Crippen LogP contribution in [0.15, 0.2) is 53.6 Å². The van der Waals surface area contributed by atoms with Crippen LogP contribution in [0.1, 0.15) is 41.3 Å². The number of nitrogens with one attached hydrogen (secondary N) is 2. The molecule has 2 aromatic carbocycles. The third kappa shape index (κ3) is 5.78. The maximum atomic E-state index is 11.9. The summed E-state index contributed by atoms with van der Waals surface area (Å²) in [6, 6.07) is 13.7. The number of ether oxygens (including phenoxy) is 1. The molecule has 0 saturated heterocycles. The zero-order valence-corrected chi connectivity index (χ0v) is 15.4. The Morgan fingerprint density at radius 2 is 1.59 bits per heavy atom. The van der Waals surface area contributed by atoms with E-state index in [0.717, 1.165) is 5.56 Å². The summed E-state index contributed by atoms with van der Waals surface area (Å²) in [6.45, 7) is 4.14. The Balaban J connectivity index is 1.87. The molecule has 0 unspecified atom stereocenters. The van der Waals surface area contributed by atoms with E-state index < -0.39 is 17.8 Å². The van der Waals surface area contributed by atoms with Crippen molar-refractivity contribution in [3.05, 3.63) is 65.2 Å². The number of anilines is 1. The van der Waals surface area contributed by atoms with Crippen LogP contribution in [-0.4, -0.2) is 31.1 Å². The number of carbonyl (C=O) groups is 3. The van der Waals surface area contributed by atoms with E-state index in [0.29, 0.717) is 22.7 Å².